The predicted octanol–water partition coefficient (Wildman–Crippen LogP) is 3.40. The molecule has 28 heavy (non-hydrogen) atoms. The van der Waals surface area contributed by atoms with Crippen molar-refractivity contribution in [3.05, 3.63) is 53.4 Å². The van der Waals surface area contributed by atoms with E-state index in [-0.39, 0.29) is 22.8 Å². The number of pyridine rings is 1. The number of aromatic nitrogens is 1. The number of ether oxygens (including phenoxy) is 1. The van der Waals surface area contributed by atoms with Gasteiger partial charge in [-0.2, -0.15) is 0 Å². The molecule has 1 amide bonds. The maximum absolute atomic E-state index is 14.3. The highest BCUT2D eigenvalue weighted by Crippen LogP contribution is 2.34. The lowest BCUT2D eigenvalue weighted by atomic mass is 9.92. The molecule has 6 nitrogen and oxygen atoms in total. The molecule has 2 aromatic rings. The van der Waals surface area contributed by atoms with Gasteiger partial charge in [0, 0.05) is 23.2 Å². The smallest absolute Gasteiger partial charge is 0.274 e. The van der Waals surface area contributed by atoms with E-state index in [4.69, 9.17) is 10.5 Å². The van der Waals surface area contributed by atoms with E-state index in [1.807, 2.05) is 0 Å². The van der Waals surface area contributed by atoms with Crippen LogP contribution in [-0.4, -0.2) is 30.5 Å². The van der Waals surface area contributed by atoms with Crippen molar-refractivity contribution in [2.45, 2.75) is 18.9 Å². The third kappa shape index (κ3) is 4.08. The van der Waals surface area contributed by atoms with Gasteiger partial charge in [-0.05, 0) is 31.0 Å². The summed E-state index contributed by atoms with van der Waals surface area (Å²) in [5.74, 6) is -2.74. The van der Waals surface area contributed by atoms with Crippen molar-refractivity contribution in [1.29, 1.82) is 0 Å². The molecule has 3 rings (SSSR count). The zero-order valence-electron chi connectivity index (χ0n) is 15.1. The molecule has 1 aliphatic heterocycles. The number of aliphatic imine (C=N–C) groups is 1. The summed E-state index contributed by atoms with van der Waals surface area (Å²) in [4.78, 5) is 20.4. The molecule has 1 aromatic heterocycles. The monoisotopic (exact) mass is 392 g/mol. The first-order valence-electron chi connectivity index (χ1n) is 8.62. The molecule has 0 saturated carbocycles. The van der Waals surface area contributed by atoms with Gasteiger partial charge in [0.25, 0.3) is 5.91 Å². The van der Waals surface area contributed by atoms with Crippen molar-refractivity contribution in [1.82, 2.24) is 4.98 Å². The average Bonchev–Trinajstić information content (AvgIpc) is 2.70. The number of halogens is 3. The summed E-state index contributed by atoms with van der Waals surface area (Å²) in [5, 5.41) is 2.49. The molecular weight excluding hydrogens is 373 g/mol. The first kappa shape index (κ1) is 19.7. The molecular formula is C19H19F3N4O2. The van der Waals surface area contributed by atoms with Crippen LogP contribution in [0.2, 0.25) is 0 Å². The lowest BCUT2D eigenvalue weighted by molar-refractivity contribution is 0.102. The fraction of sp³-hybridized carbons (Fsp3) is 0.316. The number of methoxy groups -OCH3 is 1. The third-order valence-corrected chi connectivity index (χ3v) is 4.58. The van der Waals surface area contributed by atoms with Crippen molar-refractivity contribution in [3.8, 4) is 5.75 Å². The number of hydrogen-bond acceptors (Lipinski definition) is 5. The number of amidine groups is 1. The van der Waals surface area contributed by atoms with Crippen LogP contribution in [-0.2, 0) is 0 Å². The van der Waals surface area contributed by atoms with Crippen molar-refractivity contribution in [2.24, 2.45) is 16.6 Å². The fourth-order valence-corrected chi connectivity index (χ4v) is 2.99. The molecule has 1 aliphatic rings. The number of benzene rings is 1. The SMILES string of the molecule is COc1ccc(C(=O)Nc2cc(F)c(F)c(C3CCC(CF)C(N)=N3)c2)nc1. The largest absolute Gasteiger partial charge is 0.495 e. The third-order valence-electron chi connectivity index (χ3n) is 4.58. The summed E-state index contributed by atoms with van der Waals surface area (Å²) in [7, 11) is 1.47. The van der Waals surface area contributed by atoms with Gasteiger partial charge >= 0.3 is 0 Å². The minimum atomic E-state index is -1.13. The number of alkyl halides is 1. The molecule has 9 heteroatoms. The van der Waals surface area contributed by atoms with E-state index in [0.29, 0.717) is 18.6 Å². The average molecular weight is 392 g/mol. The van der Waals surface area contributed by atoms with E-state index in [1.54, 1.807) is 6.07 Å². The van der Waals surface area contributed by atoms with Gasteiger partial charge in [0.2, 0.25) is 0 Å². The second-order valence-corrected chi connectivity index (χ2v) is 6.40. The van der Waals surface area contributed by atoms with E-state index in [9.17, 15) is 18.0 Å². The van der Waals surface area contributed by atoms with E-state index < -0.39 is 36.2 Å². The van der Waals surface area contributed by atoms with Crippen LogP contribution in [0.25, 0.3) is 0 Å². The minimum absolute atomic E-state index is 0.0433. The van der Waals surface area contributed by atoms with Crippen molar-refractivity contribution >= 4 is 17.4 Å². The Morgan fingerprint density at radius 2 is 2.11 bits per heavy atom. The number of carbonyl (C=O) groups excluding carboxylic acids is 1. The maximum atomic E-state index is 14.3. The van der Waals surface area contributed by atoms with Crippen LogP contribution in [0, 0.1) is 17.6 Å². The number of hydrogen-bond donors (Lipinski definition) is 2. The topological polar surface area (TPSA) is 89.6 Å². The van der Waals surface area contributed by atoms with Crippen LogP contribution in [0.4, 0.5) is 18.9 Å². The highest BCUT2D eigenvalue weighted by atomic mass is 19.2. The first-order valence-corrected chi connectivity index (χ1v) is 8.62. The van der Waals surface area contributed by atoms with Gasteiger partial charge in [0.05, 0.1) is 26.0 Å². The Labute approximate surface area is 159 Å². The lowest BCUT2D eigenvalue weighted by Crippen LogP contribution is -2.30. The highest BCUT2D eigenvalue weighted by molar-refractivity contribution is 6.02. The van der Waals surface area contributed by atoms with Gasteiger partial charge in [0.1, 0.15) is 17.3 Å². The highest BCUT2D eigenvalue weighted by Gasteiger charge is 2.27. The van der Waals surface area contributed by atoms with Crippen LogP contribution in [0.15, 0.2) is 35.5 Å². The molecule has 0 fully saturated rings. The standard InChI is InChI=1S/C19H19F3N4O2/c1-28-12-3-5-16(24-9-12)19(27)25-11-6-13(17(22)14(21)7-11)15-4-2-10(8-20)18(23)26-15/h3,5-7,9-10,15H,2,4,8H2,1H3,(H2,23,26)(H,25,27). The Hall–Kier alpha value is -3.10. The van der Waals surface area contributed by atoms with Gasteiger partial charge in [0.15, 0.2) is 11.6 Å². The van der Waals surface area contributed by atoms with Gasteiger partial charge in [-0.1, -0.05) is 0 Å². The molecule has 148 valence electrons. The second-order valence-electron chi connectivity index (χ2n) is 6.40. The molecule has 0 aliphatic carbocycles. The minimum Gasteiger partial charge on any atom is -0.495 e. The summed E-state index contributed by atoms with van der Waals surface area (Å²) in [6.45, 7) is -0.649. The summed E-state index contributed by atoms with van der Waals surface area (Å²) in [5.41, 5.74) is 5.82. The van der Waals surface area contributed by atoms with Crippen molar-refractivity contribution < 1.29 is 22.7 Å². The number of nitrogens with one attached hydrogen (secondary N) is 1. The van der Waals surface area contributed by atoms with Gasteiger partial charge < -0.3 is 15.8 Å². The zero-order valence-corrected chi connectivity index (χ0v) is 15.1. The lowest BCUT2D eigenvalue weighted by Gasteiger charge is -2.25. The van der Waals surface area contributed by atoms with Crippen LogP contribution < -0.4 is 15.8 Å². The van der Waals surface area contributed by atoms with Gasteiger partial charge in [-0.25, -0.2) is 13.8 Å². The molecule has 0 bridgehead atoms. The van der Waals surface area contributed by atoms with Crippen LogP contribution in [0.3, 0.4) is 0 Å². The molecule has 3 N–H and O–H groups in total. The molecule has 0 saturated heterocycles. The normalized spacial score (nSPS) is 19.1. The van der Waals surface area contributed by atoms with Crippen molar-refractivity contribution in [3.63, 3.8) is 0 Å². The Morgan fingerprint density at radius 1 is 1.32 bits per heavy atom. The quantitative estimate of drug-likeness (QED) is 0.816. The van der Waals surface area contributed by atoms with Gasteiger partial charge in [-0.3, -0.25) is 14.2 Å². The van der Waals surface area contributed by atoms with E-state index >= 15 is 0 Å². The summed E-state index contributed by atoms with van der Waals surface area (Å²) < 4.78 is 46.2. The molecule has 0 spiro atoms. The molecule has 2 unspecified atom stereocenters. The van der Waals surface area contributed by atoms with Gasteiger partial charge in [-0.15, -0.1) is 0 Å². The van der Waals surface area contributed by atoms with E-state index in [1.165, 1.54) is 25.4 Å². The maximum Gasteiger partial charge on any atom is 0.274 e. The Morgan fingerprint density at radius 3 is 2.71 bits per heavy atom. The number of anilines is 1. The predicted molar refractivity (Wildman–Crippen MR) is 98.2 cm³/mol. The number of rotatable bonds is 5. The zero-order chi connectivity index (χ0) is 20.3. The number of nitrogens with zero attached hydrogens (tertiary/aromatic N) is 2. The molecule has 2 atom stereocenters. The van der Waals surface area contributed by atoms with Crippen LogP contribution >= 0.6 is 0 Å². The number of nitrogens with two attached hydrogens (primary N) is 1. The Kier molecular flexibility index (Phi) is 5.81. The summed E-state index contributed by atoms with van der Waals surface area (Å²) in [6, 6.07) is 4.43. The number of amides is 1. The molecule has 0 radical (unpaired) electrons. The van der Waals surface area contributed by atoms with E-state index in [0.717, 1.165) is 6.07 Å². The first-order chi connectivity index (χ1) is 13.4. The summed E-state index contributed by atoms with van der Waals surface area (Å²) >= 11 is 0. The number of carbonyl (C=O) groups is 1. The summed E-state index contributed by atoms with van der Waals surface area (Å²) in [6.07, 6.45) is 2.07. The van der Waals surface area contributed by atoms with Crippen LogP contribution in [0.1, 0.15) is 34.9 Å². The van der Waals surface area contributed by atoms with Crippen molar-refractivity contribution in [2.75, 3.05) is 19.1 Å². The second kappa shape index (κ2) is 8.28. The van der Waals surface area contributed by atoms with E-state index in [2.05, 4.69) is 15.3 Å². The Balaban J connectivity index is 1.85. The van der Waals surface area contributed by atoms with Crippen LogP contribution in [0.5, 0.6) is 5.75 Å². The Bertz CT molecular complexity index is 903. The molecule has 2 heterocycles. The fourth-order valence-electron chi connectivity index (χ4n) is 2.99. The molecule has 1 aromatic carbocycles.